The lowest BCUT2D eigenvalue weighted by Crippen LogP contribution is -2.13. The Morgan fingerprint density at radius 2 is 1.94 bits per heavy atom. The van der Waals surface area contributed by atoms with Crippen LogP contribution in [0, 0.1) is 5.82 Å². The van der Waals surface area contributed by atoms with Crippen molar-refractivity contribution in [2.75, 3.05) is 4.72 Å². The highest BCUT2D eigenvalue weighted by atomic mass is 32.2. The molecule has 0 saturated heterocycles. The third-order valence-electron chi connectivity index (χ3n) is 2.33. The predicted molar refractivity (Wildman–Crippen MR) is 65.1 cm³/mol. The molecule has 96 valence electrons. The van der Waals surface area contributed by atoms with Gasteiger partial charge >= 0.3 is 0 Å². The molecule has 2 rings (SSSR count). The molecule has 0 radical (unpaired) electrons. The third kappa shape index (κ3) is 2.67. The Bertz CT molecular complexity index is 635. The van der Waals surface area contributed by atoms with E-state index in [9.17, 15) is 12.8 Å². The van der Waals surface area contributed by atoms with Gasteiger partial charge in [-0.2, -0.15) is 5.10 Å². The van der Waals surface area contributed by atoms with Crippen molar-refractivity contribution in [3.8, 4) is 0 Å². The second-order valence-corrected chi connectivity index (χ2v) is 5.30. The molecular formula is C11H12FN3O2S. The van der Waals surface area contributed by atoms with E-state index in [0.29, 0.717) is 6.54 Å². The van der Waals surface area contributed by atoms with Gasteiger partial charge in [0.25, 0.3) is 10.0 Å². The Labute approximate surface area is 104 Å². The molecule has 0 fully saturated rings. The number of hydrogen-bond acceptors (Lipinski definition) is 3. The lowest BCUT2D eigenvalue weighted by atomic mass is 10.4. The van der Waals surface area contributed by atoms with E-state index in [1.165, 1.54) is 12.1 Å². The van der Waals surface area contributed by atoms with Gasteiger partial charge in [0, 0.05) is 18.8 Å². The number of nitrogens with one attached hydrogen (secondary N) is 1. The summed E-state index contributed by atoms with van der Waals surface area (Å²) < 4.78 is 40.5. The van der Waals surface area contributed by atoms with Gasteiger partial charge in [0.15, 0.2) is 5.82 Å². The SMILES string of the molecule is CCn1ccc(NS(=O)(=O)c2ccc(F)cc2)n1. The number of nitrogens with zero attached hydrogens (tertiary/aromatic N) is 2. The van der Waals surface area contributed by atoms with Crippen molar-refractivity contribution in [2.24, 2.45) is 0 Å². The first-order chi connectivity index (χ1) is 8.51. The zero-order valence-corrected chi connectivity index (χ0v) is 10.5. The minimum absolute atomic E-state index is 0.00468. The molecule has 0 aliphatic rings. The number of aryl methyl sites for hydroxylation is 1. The average Bonchev–Trinajstić information content (AvgIpc) is 2.76. The van der Waals surface area contributed by atoms with Crippen molar-refractivity contribution in [2.45, 2.75) is 18.4 Å². The second-order valence-electron chi connectivity index (χ2n) is 3.62. The molecule has 2 aromatic rings. The summed E-state index contributed by atoms with van der Waals surface area (Å²) in [4.78, 5) is -0.00468. The van der Waals surface area contributed by atoms with Gasteiger partial charge in [-0.3, -0.25) is 9.40 Å². The summed E-state index contributed by atoms with van der Waals surface area (Å²) in [5, 5.41) is 4.01. The molecule has 0 aliphatic carbocycles. The lowest BCUT2D eigenvalue weighted by molar-refractivity contribution is 0.599. The molecule has 1 heterocycles. The monoisotopic (exact) mass is 269 g/mol. The van der Waals surface area contributed by atoms with Crippen molar-refractivity contribution in [3.05, 3.63) is 42.3 Å². The highest BCUT2D eigenvalue weighted by Gasteiger charge is 2.15. The average molecular weight is 269 g/mol. The highest BCUT2D eigenvalue weighted by molar-refractivity contribution is 7.92. The van der Waals surface area contributed by atoms with Crippen LogP contribution in [0.25, 0.3) is 0 Å². The maximum atomic E-state index is 12.7. The number of aromatic nitrogens is 2. The molecule has 18 heavy (non-hydrogen) atoms. The van der Waals surface area contributed by atoms with Crippen LogP contribution in [0.5, 0.6) is 0 Å². The first-order valence-electron chi connectivity index (χ1n) is 5.33. The number of rotatable bonds is 4. The number of halogens is 1. The Morgan fingerprint density at radius 1 is 1.28 bits per heavy atom. The molecule has 0 aliphatic heterocycles. The van der Waals surface area contributed by atoms with Crippen molar-refractivity contribution in [3.63, 3.8) is 0 Å². The Hall–Kier alpha value is -1.89. The van der Waals surface area contributed by atoms with E-state index < -0.39 is 15.8 Å². The van der Waals surface area contributed by atoms with Gasteiger partial charge in [-0.1, -0.05) is 0 Å². The first kappa shape index (κ1) is 12.6. The molecule has 1 aromatic carbocycles. The molecule has 0 atom stereocenters. The Morgan fingerprint density at radius 3 is 2.50 bits per heavy atom. The van der Waals surface area contributed by atoms with E-state index in [4.69, 9.17) is 0 Å². The fourth-order valence-corrected chi connectivity index (χ4v) is 2.40. The van der Waals surface area contributed by atoms with Crippen molar-refractivity contribution in [1.29, 1.82) is 0 Å². The van der Waals surface area contributed by atoms with E-state index in [0.717, 1.165) is 12.1 Å². The van der Waals surface area contributed by atoms with Crippen LogP contribution in [-0.2, 0) is 16.6 Å². The summed E-state index contributed by atoms with van der Waals surface area (Å²) in [6.07, 6.45) is 1.67. The van der Waals surface area contributed by atoms with Gasteiger partial charge in [-0.15, -0.1) is 0 Å². The van der Waals surface area contributed by atoms with Crippen LogP contribution in [-0.4, -0.2) is 18.2 Å². The van der Waals surface area contributed by atoms with Crippen molar-refractivity contribution >= 4 is 15.8 Å². The summed E-state index contributed by atoms with van der Waals surface area (Å²) in [5.74, 6) is -0.245. The van der Waals surface area contributed by atoms with E-state index >= 15 is 0 Å². The van der Waals surface area contributed by atoms with E-state index in [-0.39, 0.29) is 10.7 Å². The summed E-state index contributed by atoms with van der Waals surface area (Å²) in [5.41, 5.74) is 0. The molecule has 1 aromatic heterocycles. The van der Waals surface area contributed by atoms with Crippen LogP contribution < -0.4 is 4.72 Å². The molecule has 0 saturated carbocycles. The maximum Gasteiger partial charge on any atom is 0.263 e. The summed E-state index contributed by atoms with van der Waals surface area (Å²) >= 11 is 0. The minimum Gasteiger partial charge on any atom is -0.271 e. The predicted octanol–water partition coefficient (Wildman–Crippen LogP) is 1.84. The highest BCUT2D eigenvalue weighted by Crippen LogP contribution is 2.14. The minimum atomic E-state index is -3.72. The van der Waals surface area contributed by atoms with Gasteiger partial charge < -0.3 is 0 Å². The molecule has 0 amide bonds. The first-order valence-corrected chi connectivity index (χ1v) is 6.81. The van der Waals surface area contributed by atoms with Gasteiger partial charge in [0.05, 0.1) is 4.90 Å². The van der Waals surface area contributed by atoms with Crippen molar-refractivity contribution in [1.82, 2.24) is 9.78 Å². The van der Waals surface area contributed by atoms with E-state index in [1.807, 2.05) is 6.92 Å². The molecule has 0 bridgehead atoms. The zero-order chi connectivity index (χ0) is 13.2. The molecule has 1 N–H and O–H groups in total. The van der Waals surface area contributed by atoms with Crippen LogP contribution in [0.2, 0.25) is 0 Å². The Kier molecular flexibility index (Phi) is 3.33. The van der Waals surface area contributed by atoms with Gasteiger partial charge in [-0.25, -0.2) is 12.8 Å². The zero-order valence-electron chi connectivity index (χ0n) is 9.67. The van der Waals surface area contributed by atoms with Crippen LogP contribution in [0.3, 0.4) is 0 Å². The normalized spacial score (nSPS) is 11.4. The van der Waals surface area contributed by atoms with E-state index in [2.05, 4.69) is 9.82 Å². The molecule has 0 spiro atoms. The summed E-state index contributed by atoms with van der Waals surface area (Å²) in [7, 11) is -3.72. The molecule has 0 unspecified atom stereocenters. The van der Waals surface area contributed by atoms with Crippen LogP contribution in [0.15, 0.2) is 41.4 Å². The fourth-order valence-electron chi connectivity index (χ4n) is 1.40. The van der Waals surface area contributed by atoms with Crippen LogP contribution >= 0.6 is 0 Å². The summed E-state index contributed by atoms with van der Waals surface area (Å²) in [6, 6.07) is 6.16. The number of anilines is 1. The van der Waals surface area contributed by atoms with Gasteiger partial charge in [-0.05, 0) is 31.2 Å². The number of benzene rings is 1. The number of sulfonamides is 1. The number of hydrogen-bond donors (Lipinski definition) is 1. The smallest absolute Gasteiger partial charge is 0.263 e. The molecular weight excluding hydrogens is 257 g/mol. The lowest BCUT2D eigenvalue weighted by Gasteiger charge is -2.05. The van der Waals surface area contributed by atoms with E-state index in [1.54, 1.807) is 16.9 Å². The Balaban J connectivity index is 2.24. The third-order valence-corrected chi connectivity index (χ3v) is 3.70. The largest absolute Gasteiger partial charge is 0.271 e. The van der Waals surface area contributed by atoms with Crippen LogP contribution in [0.4, 0.5) is 10.2 Å². The fraction of sp³-hybridized carbons (Fsp3) is 0.182. The topological polar surface area (TPSA) is 64.0 Å². The maximum absolute atomic E-state index is 12.7. The molecule has 5 nitrogen and oxygen atoms in total. The second kappa shape index (κ2) is 4.77. The quantitative estimate of drug-likeness (QED) is 0.921. The van der Waals surface area contributed by atoms with Crippen molar-refractivity contribution < 1.29 is 12.8 Å². The molecule has 7 heteroatoms. The van der Waals surface area contributed by atoms with Gasteiger partial charge in [0.2, 0.25) is 0 Å². The van der Waals surface area contributed by atoms with Crippen LogP contribution in [0.1, 0.15) is 6.92 Å². The van der Waals surface area contributed by atoms with Gasteiger partial charge in [0.1, 0.15) is 5.82 Å². The summed E-state index contributed by atoms with van der Waals surface area (Å²) in [6.45, 7) is 2.55. The standard InChI is InChI=1S/C11H12FN3O2S/c1-2-15-8-7-11(13-15)14-18(16,17)10-5-3-9(12)4-6-10/h3-8H,2H2,1H3,(H,13,14).